The van der Waals surface area contributed by atoms with E-state index in [1.807, 2.05) is 6.20 Å². The minimum Gasteiger partial charge on any atom is -0.244 e. The number of aromatic nitrogens is 2. The molecule has 0 aromatic carbocycles. The molecule has 1 aliphatic heterocycles. The molecule has 0 amide bonds. The number of hydrogen-bond acceptors (Lipinski definition) is 3. The van der Waals surface area contributed by atoms with Gasteiger partial charge in [-0.05, 0) is 0 Å². The highest BCUT2D eigenvalue weighted by Gasteiger charge is 2.16. The predicted octanol–water partition coefficient (Wildman–Crippen LogP) is 1.14. The van der Waals surface area contributed by atoms with E-state index in [0.717, 1.165) is 13.1 Å². The number of fused-ring (bicyclic) bond motifs is 1. The second-order valence-corrected chi connectivity index (χ2v) is 3.64. The first-order valence-corrected chi connectivity index (χ1v) is 4.01. The minimum atomic E-state index is 0.957. The summed E-state index contributed by atoms with van der Waals surface area (Å²) in [5.74, 6) is 0. The Morgan fingerprint density at radius 2 is 2.40 bits per heavy atom. The van der Waals surface area contributed by atoms with E-state index < -0.39 is 0 Å². The van der Waals surface area contributed by atoms with Crippen LogP contribution in [0.25, 0.3) is 0 Å². The van der Waals surface area contributed by atoms with Gasteiger partial charge in [0.05, 0.1) is 12.2 Å². The number of nitrogens with zero attached hydrogens (tertiary/aromatic N) is 3. The zero-order chi connectivity index (χ0) is 6.97. The van der Waals surface area contributed by atoms with Crippen LogP contribution < -0.4 is 0 Å². The van der Waals surface area contributed by atoms with Crippen molar-refractivity contribution < 1.29 is 0 Å². The third kappa shape index (κ3) is 1.01. The van der Waals surface area contributed by atoms with Crippen LogP contribution in [0.5, 0.6) is 0 Å². The summed E-state index contributed by atoms with van der Waals surface area (Å²) in [5, 5.41) is 0. The van der Waals surface area contributed by atoms with Gasteiger partial charge in [0, 0.05) is 41.2 Å². The lowest BCUT2D eigenvalue weighted by Crippen LogP contribution is -1.98. The van der Waals surface area contributed by atoms with Crippen molar-refractivity contribution in [2.75, 3.05) is 0 Å². The van der Waals surface area contributed by atoms with E-state index in [1.54, 1.807) is 6.33 Å². The fourth-order valence-electron chi connectivity index (χ4n) is 1.06. The second kappa shape index (κ2) is 2.43. The molecule has 0 saturated carbocycles. The molecule has 1 aromatic heterocycles. The number of rotatable bonds is 0. The van der Waals surface area contributed by atoms with Crippen molar-refractivity contribution >= 4 is 22.9 Å². The van der Waals surface area contributed by atoms with Gasteiger partial charge in [-0.2, -0.15) is 0 Å². The molecule has 1 aromatic rings. The molecule has 0 atom stereocenters. The Balaban J connectivity index is 2.42. The molecule has 0 aliphatic carbocycles. The zero-order valence-corrected chi connectivity index (χ0v) is 7.45. The van der Waals surface area contributed by atoms with Gasteiger partial charge in [-0.15, -0.1) is 0 Å². The van der Waals surface area contributed by atoms with Crippen molar-refractivity contribution in [3.8, 4) is 0 Å². The first kappa shape index (κ1) is 6.48. The van der Waals surface area contributed by atoms with Crippen molar-refractivity contribution in [2.24, 2.45) is 0 Å². The second-order valence-electron chi connectivity index (χ2n) is 2.27. The maximum atomic E-state index is 4.15. The van der Waals surface area contributed by atoms with Gasteiger partial charge in [0.15, 0.2) is 0 Å². The first-order valence-electron chi connectivity index (χ1n) is 3.05. The monoisotopic (exact) mass is 247 g/mol. The van der Waals surface area contributed by atoms with E-state index in [0.29, 0.717) is 0 Å². The van der Waals surface area contributed by atoms with Crippen LogP contribution in [0.1, 0.15) is 11.3 Å². The van der Waals surface area contributed by atoms with Gasteiger partial charge in [-0.1, -0.05) is 0 Å². The standard InChI is InChI=1S/C6H6IN3/c7-10-2-5-1-8-4-9-6(5)3-10/h1,4H,2-3H2. The minimum absolute atomic E-state index is 0.957. The van der Waals surface area contributed by atoms with Gasteiger partial charge >= 0.3 is 0 Å². The van der Waals surface area contributed by atoms with E-state index >= 15 is 0 Å². The molecule has 2 heterocycles. The SMILES string of the molecule is IN1Cc2cncnc2C1. The highest BCUT2D eigenvalue weighted by atomic mass is 127. The summed E-state index contributed by atoms with van der Waals surface area (Å²) in [4.78, 5) is 8.10. The molecule has 0 fully saturated rings. The van der Waals surface area contributed by atoms with E-state index in [2.05, 4.69) is 35.9 Å². The average Bonchev–Trinajstić information content (AvgIpc) is 2.27. The molecule has 0 unspecified atom stereocenters. The highest BCUT2D eigenvalue weighted by molar-refractivity contribution is 14.1. The van der Waals surface area contributed by atoms with E-state index in [1.165, 1.54) is 11.3 Å². The van der Waals surface area contributed by atoms with Crippen LogP contribution in [0.4, 0.5) is 0 Å². The Labute approximate surface area is 73.0 Å². The average molecular weight is 247 g/mol. The summed E-state index contributed by atoms with van der Waals surface area (Å²) in [5.41, 5.74) is 2.43. The molecule has 0 spiro atoms. The lowest BCUT2D eigenvalue weighted by atomic mass is 10.3. The van der Waals surface area contributed by atoms with Gasteiger partial charge in [0.2, 0.25) is 0 Å². The van der Waals surface area contributed by atoms with Crippen molar-refractivity contribution in [3.63, 3.8) is 0 Å². The number of halogens is 1. The third-order valence-electron chi connectivity index (χ3n) is 1.54. The first-order chi connectivity index (χ1) is 4.86. The summed E-state index contributed by atoms with van der Waals surface area (Å²) in [7, 11) is 0. The third-order valence-corrected chi connectivity index (χ3v) is 2.23. The Morgan fingerprint density at radius 3 is 3.20 bits per heavy atom. The van der Waals surface area contributed by atoms with Crippen molar-refractivity contribution in [2.45, 2.75) is 13.1 Å². The maximum absolute atomic E-state index is 4.15. The van der Waals surface area contributed by atoms with Crippen molar-refractivity contribution in [1.29, 1.82) is 0 Å². The Hall–Kier alpha value is -0.230. The number of hydrogen-bond donors (Lipinski definition) is 0. The lowest BCUT2D eigenvalue weighted by Gasteiger charge is -1.98. The summed E-state index contributed by atoms with van der Waals surface area (Å²) >= 11 is 2.29. The van der Waals surface area contributed by atoms with Crippen LogP contribution in [0.2, 0.25) is 0 Å². The lowest BCUT2D eigenvalue weighted by molar-refractivity contribution is 0.550. The van der Waals surface area contributed by atoms with Gasteiger partial charge in [-0.3, -0.25) is 0 Å². The fraction of sp³-hybridized carbons (Fsp3) is 0.333. The Kier molecular flexibility index (Phi) is 1.57. The zero-order valence-electron chi connectivity index (χ0n) is 5.29. The van der Waals surface area contributed by atoms with E-state index in [-0.39, 0.29) is 0 Å². The topological polar surface area (TPSA) is 29.0 Å². The Morgan fingerprint density at radius 1 is 1.50 bits per heavy atom. The molecule has 3 nitrogen and oxygen atoms in total. The van der Waals surface area contributed by atoms with Gasteiger partial charge < -0.3 is 0 Å². The van der Waals surface area contributed by atoms with Gasteiger partial charge in [0.25, 0.3) is 0 Å². The summed E-state index contributed by atoms with van der Waals surface area (Å²) in [6, 6.07) is 0. The highest BCUT2D eigenvalue weighted by Crippen LogP contribution is 2.21. The molecule has 0 radical (unpaired) electrons. The van der Waals surface area contributed by atoms with Crippen molar-refractivity contribution in [1.82, 2.24) is 13.1 Å². The summed E-state index contributed by atoms with van der Waals surface area (Å²) < 4.78 is 2.19. The normalized spacial score (nSPS) is 17.3. The van der Waals surface area contributed by atoms with Gasteiger partial charge in [0.1, 0.15) is 6.33 Å². The van der Waals surface area contributed by atoms with Crippen LogP contribution in [0.15, 0.2) is 12.5 Å². The predicted molar refractivity (Wildman–Crippen MR) is 45.3 cm³/mol. The van der Waals surface area contributed by atoms with Crippen LogP contribution in [0.3, 0.4) is 0 Å². The summed E-state index contributed by atoms with van der Waals surface area (Å²) in [6.07, 6.45) is 3.50. The summed E-state index contributed by atoms with van der Waals surface area (Å²) in [6.45, 7) is 1.94. The molecule has 10 heavy (non-hydrogen) atoms. The smallest absolute Gasteiger partial charge is 0.115 e. The van der Waals surface area contributed by atoms with Gasteiger partial charge in [-0.25, -0.2) is 13.1 Å². The molecular formula is C6H6IN3. The molecule has 1 aliphatic rings. The quantitative estimate of drug-likeness (QED) is 0.508. The maximum Gasteiger partial charge on any atom is 0.115 e. The Bertz CT molecular complexity index is 226. The van der Waals surface area contributed by atoms with Crippen LogP contribution in [0, 0.1) is 0 Å². The van der Waals surface area contributed by atoms with Crippen LogP contribution in [-0.4, -0.2) is 13.1 Å². The van der Waals surface area contributed by atoms with Crippen molar-refractivity contribution in [3.05, 3.63) is 23.8 Å². The van der Waals surface area contributed by atoms with Crippen LogP contribution in [-0.2, 0) is 13.1 Å². The molecule has 52 valence electrons. The fourth-order valence-corrected chi connectivity index (χ4v) is 1.75. The van der Waals surface area contributed by atoms with E-state index in [4.69, 9.17) is 0 Å². The van der Waals surface area contributed by atoms with Crippen LogP contribution >= 0.6 is 22.9 Å². The molecule has 0 saturated heterocycles. The molecule has 0 N–H and O–H groups in total. The molecular weight excluding hydrogens is 241 g/mol. The molecule has 0 bridgehead atoms. The van der Waals surface area contributed by atoms with E-state index in [9.17, 15) is 0 Å². The molecule has 4 heteroatoms. The molecule has 2 rings (SSSR count). The largest absolute Gasteiger partial charge is 0.244 e.